The molecule has 7 heteroatoms. The molecule has 2 N–H and O–H groups in total. The summed E-state index contributed by atoms with van der Waals surface area (Å²) in [5.74, 6) is 2.69. The fourth-order valence-corrected chi connectivity index (χ4v) is 3.84. The van der Waals surface area contributed by atoms with Crippen LogP contribution in [0.3, 0.4) is 0 Å². The molecule has 1 aromatic carbocycles. The lowest BCUT2D eigenvalue weighted by atomic mass is 9.96. The largest absolute Gasteiger partial charge is 0.490 e. The van der Waals surface area contributed by atoms with Crippen LogP contribution in [0.4, 0.5) is 0 Å². The second-order valence-electron chi connectivity index (χ2n) is 7.27. The van der Waals surface area contributed by atoms with Crippen LogP contribution in [0.25, 0.3) is 0 Å². The molecule has 0 saturated carbocycles. The minimum absolute atomic E-state index is 0.316. The van der Waals surface area contributed by atoms with E-state index in [2.05, 4.69) is 20.6 Å². The minimum Gasteiger partial charge on any atom is -0.490 e. The molecule has 2 saturated heterocycles. The zero-order valence-corrected chi connectivity index (χ0v) is 16.9. The zero-order valence-electron chi connectivity index (χ0n) is 16.9. The SMILES string of the molecule is CCOc1ccccc1Oc1ccc(CNC(=NC)NC2CC3CCC2O3)cn1. The van der Waals surface area contributed by atoms with Crippen LogP contribution in [-0.4, -0.2) is 42.8 Å². The number of guanidine groups is 1. The van der Waals surface area contributed by atoms with Crippen molar-refractivity contribution in [3.63, 3.8) is 0 Å². The molecule has 2 aliphatic rings. The van der Waals surface area contributed by atoms with Gasteiger partial charge in [-0.25, -0.2) is 4.98 Å². The number of aliphatic imine (C=N–C) groups is 1. The Morgan fingerprint density at radius 3 is 2.72 bits per heavy atom. The van der Waals surface area contributed by atoms with Crippen LogP contribution in [0.2, 0.25) is 0 Å². The van der Waals surface area contributed by atoms with Crippen molar-refractivity contribution in [3.8, 4) is 17.4 Å². The molecule has 0 radical (unpaired) electrons. The second kappa shape index (κ2) is 9.13. The lowest BCUT2D eigenvalue weighted by molar-refractivity contribution is 0.0992. The Hall–Kier alpha value is -2.80. The monoisotopic (exact) mass is 396 g/mol. The number of pyridine rings is 1. The first-order valence-electron chi connectivity index (χ1n) is 10.2. The maximum atomic E-state index is 5.90. The molecule has 0 spiro atoms. The fourth-order valence-electron chi connectivity index (χ4n) is 3.84. The van der Waals surface area contributed by atoms with E-state index in [-0.39, 0.29) is 0 Å². The summed E-state index contributed by atoms with van der Waals surface area (Å²) in [6.07, 6.45) is 5.92. The zero-order chi connectivity index (χ0) is 20.1. The summed E-state index contributed by atoms with van der Waals surface area (Å²) in [5, 5.41) is 6.83. The highest BCUT2D eigenvalue weighted by molar-refractivity contribution is 5.80. The van der Waals surface area contributed by atoms with Gasteiger partial charge in [0.05, 0.1) is 24.9 Å². The Bertz CT molecular complexity index is 840. The van der Waals surface area contributed by atoms with E-state index in [1.54, 1.807) is 13.2 Å². The van der Waals surface area contributed by atoms with Crippen LogP contribution >= 0.6 is 0 Å². The molecule has 1 aromatic heterocycles. The Kier molecular flexibility index (Phi) is 6.14. The lowest BCUT2D eigenvalue weighted by Crippen LogP contribution is -2.47. The quantitative estimate of drug-likeness (QED) is 0.553. The standard InChI is InChI=1S/C22H28N4O3/c1-3-27-19-6-4-5-7-20(19)29-21-11-8-15(13-24-21)14-25-22(23-2)26-17-12-16-9-10-18(17)28-16/h4-8,11,13,16-18H,3,9-10,12,14H2,1-2H3,(H2,23,25,26). The molecular formula is C22H28N4O3. The first-order valence-corrected chi connectivity index (χ1v) is 10.2. The van der Waals surface area contributed by atoms with E-state index in [4.69, 9.17) is 14.2 Å². The third kappa shape index (κ3) is 4.79. The topological polar surface area (TPSA) is 77.0 Å². The van der Waals surface area contributed by atoms with Crippen LogP contribution in [0.5, 0.6) is 17.4 Å². The molecule has 154 valence electrons. The van der Waals surface area contributed by atoms with Gasteiger partial charge >= 0.3 is 0 Å². The second-order valence-corrected chi connectivity index (χ2v) is 7.27. The summed E-state index contributed by atoms with van der Waals surface area (Å²) in [5.41, 5.74) is 1.04. The van der Waals surface area contributed by atoms with Gasteiger partial charge in [-0.15, -0.1) is 0 Å². The first kappa shape index (κ1) is 19.5. The number of nitrogens with zero attached hydrogens (tertiary/aromatic N) is 2. The summed E-state index contributed by atoms with van der Waals surface area (Å²) in [6.45, 7) is 3.16. The van der Waals surface area contributed by atoms with E-state index in [0.717, 1.165) is 24.4 Å². The number of nitrogens with one attached hydrogen (secondary N) is 2. The molecule has 2 fully saturated rings. The van der Waals surface area contributed by atoms with Gasteiger partial charge in [0.2, 0.25) is 5.88 Å². The van der Waals surface area contributed by atoms with E-state index in [0.29, 0.717) is 48.8 Å². The van der Waals surface area contributed by atoms with Crippen LogP contribution in [-0.2, 0) is 11.3 Å². The average molecular weight is 396 g/mol. The van der Waals surface area contributed by atoms with E-state index in [9.17, 15) is 0 Å². The highest BCUT2D eigenvalue weighted by Crippen LogP contribution is 2.34. The van der Waals surface area contributed by atoms with Crippen molar-refractivity contribution >= 4 is 5.96 Å². The van der Waals surface area contributed by atoms with Crippen molar-refractivity contribution in [2.45, 2.75) is 51.0 Å². The number of hydrogen-bond donors (Lipinski definition) is 2. The van der Waals surface area contributed by atoms with Crippen molar-refractivity contribution in [1.82, 2.24) is 15.6 Å². The van der Waals surface area contributed by atoms with Crippen molar-refractivity contribution in [1.29, 1.82) is 0 Å². The number of fused-ring (bicyclic) bond motifs is 2. The molecule has 2 bridgehead atoms. The predicted molar refractivity (Wildman–Crippen MR) is 112 cm³/mol. The summed E-state index contributed by atoms with van der Waals surface area (Å²) >= 11 is 0. The molecule has 2 aromatic rings. The van der Waals surface area contributed by atoms with Gasteiger partial charge in [-0.2, -0.15) is 0 Å². The van der Waals surface area contributed by atoms with E-state index in [1.165, 1.54) is 6.42 Å². The van der Waals surface area contributed by atoms with Crippen molar-refractivity contribution < 1.29 is 14.2 Å². The highest BCUT2D eigenvalue weighted by Gasteiger charge is 2.41. The number of rotatable bonds is 7. The van der Waals surface area contributed by atoms with Crippen LogP contribution in [0, 0.1) is 0 Å². The Labute approximate surface area is 171 Å². The van der Waals surface area contributed by atoms with E-state index < -0.39 is 0 Å². The summed E-state index contributed by atoms with van der Waals surface area (Å²) in [6, 6.07) is 11.8. The Morgan fingerprint density at radius 1 is 1.21 bits per heavy atom. The lowest BCUT2D eigenvalue weighted by Gasteiger charge is -2.22. The van der Waals surface area contributed by atoms with Crippen molar-refractivity contribution in [2.24, 2.45) is 4.99 Å². The van der Waals surface area contributed by atoms with Crippen molar-refractivity contribution in [2.75, 3.05) is 13.7 Å². The smallest absolute Gasteiger partial charge is 0.219 e. The molecular weight excluding hydrogens is 368 g/mol. The number of aromatic nitrogens is 1. The number of hydrogen-bond acceptors (Lipinski definition) is 5. The Balaban J connectivity index is 1.30. The Morgan fingerprint density at radius 2 is 2.07 bits per heavy atom. The molecule has 0 aliphatic carbocycles. The van der Waals surface area contributed by atoms with Gasteiger partial charge in [0.1, 0.15) is 0 Å². The molecule has 2 aliphatic heterocycles. The van der Waals surface area contributed by atoms with Crippen molar-refractivity contribution in [3.05, 3.63) is 48.2 Å². The molecule has 3 atom stereocenters. The third-order valence-corrected chi connectivity index (χ3v) is 5.27. The third-order valence-electron chi connectivity index (χ3n) is 5.27. The number of para-hydroxylation sites is 2. The first-order chi connectivity index (χ1) is 14.2. The van der Waals surface area contributed by atoms with Gasteiger partial charge in [-0.3, -0.25) is 4.99 Å². The van der Waals surface area contributed by atoms with Gasteiger partial charge in [0, 0.05) is 25.9 Å². The van der Waals surface area contributed by atoms with Crippen LogP contribution in [0.15, 0.2) is 47.6 Å². The van der Waals surface area contributed by atoms with Gasteiger partial charge in [-0.05, 0) is 43.9 Å². The predicted octanol–water partition coefficient (Wildman–Crippen LogP) is 3.26. The van der Waals surface area contributed by atoms with E-state index in [1.807, 2.05) is 43.3 Å². The molecule has 29 heavy (non-hydrogen) atoms. The number of ether oxygens (including phenoxy) is 3. The number of benzene rings is 1. The van der Waals surface area contributed by atoms with Crippen LogP contribution in [0.1, 0.15) is 31.7 Å². The van der Waals surface area contributed by atoms with Gasteiger partial charge < -0.3 is 24.8 Å². The highest BCUT2D eigenvalue weighted by atomic mass is 16.5. The molecule has 3 unspecified atom stereocenters. The van der Waals surface area contributed by atoms with Gasteiger partial charge in [0.15, 0.2) is 17.5 Å². The summed E-state index contributed by atoms with van der Waals surface area (Å²) < 4.78 is 17.4. The molecule has 3 heterocycles. The normalized spacial score (nSPS) is 23.1. The molecule has 7 nitrogen and oxygen atoms in total. The molecule has 4 rings (SSSR count). The maximum Gasteiger partial charge on any atom is 0.219 e. The minimum atomic E-state index is 0.316. The fraction of sp³-hybridized carbons (Fsp3) is 0.455. The average Bonchev–Trinajstić information content (AvgIpc) is 3.37. The van der Waals surface area contributed by atoms with E-state index >= 15 is 0 Å². The molecule has 0 amide bonds. The van der Waals surface area contributed by atoms with Gasteiger partial charge in [0.25, 0.3) is 0 Å². The summed E-state index contributed by atoms with van der Waals surface area (Å²) in [4.78, 5) is 8.75. The maximum absolute atomic E-state index is 5.90. The van der Waals surface area contributed by atoms with Crippen LogP contribution < -0.4 is 20.1 Å². The van der Waals surface area contributed by atoms with Gasteiger partial charge in [-0.1, -0.05) is 18.2 Å². The summed E-state index contributed by atoms with van der Waals surface area (Å²) in [7, 11) is 1.79.